The molecule has 4 rings (SSSR count). The number of hydrogen-bond acceptors (Lipinski definition) is 5. The van der Waals surface area contributed by atoms with Crippen LogP contribution in [0.15, 0.2) is 73.1 Å². The first-order valence-corrected chi connectivity index (χ1v) is 11.1. The number of benzene rings is 2. The van der Waals surface area contributed by atoms with E-state index in [4.69, 9.17) is 9.84 Å². The molecule has 1 fully saturated rings. The van der Waals surface area contributed by atoms with Gasteiger partial charge in [-0.1, -0.05) is 30.3 Å². The molecule has 2 aromatic carbocycles. The van der Waals surface area contributed by atoms with E-state index in [0.717, 1.165) is 38.3 Å². The van der Waals surface area contributed by atoms with E-state index >= 15 is 0 Å². The van der Waals surface area contributed by atoms with Gasteiger partial charge in [0.15, 0.2) is 0 Å². The van der Waals surface area contributed by atoms with Gasteiger partial charge in [0.1, 0.15) is 5.75 Å². The number of ether oxygens (including phenoxy) is 1. The van der Waals surface area contributed by atoms with Crippen molar-refractivity contribution >= 4 is 17.3 Å². The fourth-order valence-corrected chi connectivity index (χ4v) is 4.09. The summed E-state index contributed by atoms with van der Waals surface area (Å²) in [5.74, 6) is 0.000106. The third-order valence-electron chi connectivity index (χ3n) is 5.74. The van der Waals surface area contributed by atoms with E-state index in [1.54, 1.807) is 0 Å². The van der Waals surface area contributed by atoms with E-state index in [1.165, 1.54) is 22.5 Å². The molecule has 6 nitrogen and oxygen atoms in total. The molecule has 0 amide bonds. The second kappa shape index (κ2) is 10.7. The third kappa shape index (κ3) is 5.78. The van der Waals surface area contributed by atoms with Crippen molar-refractivity contribution in [1.29, 1.82) is 0 Å². The minimum atomic E-state index is -0.792. The van der Waals surface area contributed by atoms with Crippen LogP contribution in [0.2, 0.25) is 0 Å². The lowest BCUT2D eigenvalue weighted by Crippen LogP contribution is -2.46. The highest BCUT2D eigenvalue weighted by Crippen LogP contribution is 2.29. The highest BCUT2D eigenvalue weighted by molar-refractivity contribution is 5.66. The van der Waals surface area contributed by atoms with Gasteiger partial charge in [-0.15, -0.1) is 0 Å². The fraction of sp³-hybridized carbons (Fsp3) is 0.308. The Kier molecular flexibility index (Phi) is 7.23. The number of carboxylic acid groups (broad SMARTS) is 1. The summed E-state index contributed by atoms with van der Waals surface area (Å²) in [5.41, 5.74) is 4.94. The summed E-state index contributed by atoms with van der Waals surface area (Å²) in [7, 11) is 0. The minimum absolute atomic E-state index is 0.122. The van der Waals surface area contributed by atoms with Crippen molar-refractivity contribution in [2.75, 3.05) is 42.6 Å². The number of pyridine rings is 1. The van der Waals surface area contributed by atoms with E-state index < -0.39 is 5.97 Å². The Morgan fingerprint density at radius 3 is 2.38 bits per heavy atom. The van der Waals surface area contributed by atoms with E-state index in [9.17, 15) is 4.79 Å². The van der Waals surface area contributed by atoms with Gasteiger partial charge in [-0.25, -0.2) is 0 Å². The highest BCUT2D eigenvalue weighted by Gasteiger charge is 2.20. The zero-order valence-corrected chi connectivity index (χ0v) is 18.2. The maximum Gasteiger partial charge on any atom is 0.303 e. The Hall–Kier alpha value is -3.54. The lowest BCUT2D eigenvalue weighted by molar-refractivity contribution is -0.137. The van der Waals surface area contributed by atoms with Crippen LogP contribution in [-0.4, -0.2) is 48.8 Å². The summed E-state index contributed by atoms with van der Waals surface area (Å²) in [6.07, 6.45) is 5.13. The van der Waals surface area contributed by atoms with Crippen LogP contribution >= 0.6 is 0 Å². The Bertz CT molecular complexity index is 1000. The molecule has 3 aromatic rings. The number of hydrogen-bond donors (Lipinski definition) is 1. The van der Waals surface area contributed by atoms with Crippen molar-refractivity contribution in [3.8, 4) is 5.75 Å². The normalized spacial score (nSPS) is 13.8. The Morgan fingerprint density at radius 1 is 0.938 bits per heavy atom. The Labute approximate surface area is 189 Å². The molecule has 6 heteroatoms. The maximum absolute atomic E-state index is 10.7. The largest absolute Gasteiger partial charge is 0.494 e. The molecule has 1 aliphatic heterocycles. The number of carbonyl (C=O) groups is 1. The molecule has 0 radical (unpaired) electrons. The summed E-state index contributed by atoms with van der Waals surface area (Å²) >= 11 is 0. The van der Waals surface area contributed by atoms with Gasteiger partial charge in [0, 0.05) is 56.4 Å². The average molecular weight is 432 g/mol. The summed E-state index contributed by atoms with van der Waals surface area (Å²) in [5, 5.41) is 8.82. The zero-order valence-electron chi connectivity index (χ0n) is 18.2. The number of aliphatic carboxylic acids is 1. The van der Waals surface area contributed by atoms with Gasteiger partial charge >= 0.3 is 5.97 Å². The van der Waals surface area contributed by atoms with Crippen molar-refractivity contribution in [1.82, 2.24) is 4.98 Å². The molecule has 166 valence electrons. The highest BCUT2D eigenvalue weighted by atomic mass is 16.5. The second-order valence-corrected chi connectivity index (χ2v) is 7.98. The van der Waals surface area contributed by atoms with Crippen LogP contribution in [0.25, 0.3) is 0 Å². The molecule has 1 aromatic heterocycles. The molecular weight excluding hydrogens is 402 g/mol. The molecule has 0 saturated carbocycles. The predicted molar refractivity (Wildman–Crippen MR) is 127 cm³/mol. The molecule has 0 atom stereocenters. The first kappa shape index (κ1) is 21.7. The van der Waals surface area contributed by atoms with Crippen LogP contribution in [0.5, 0.6) is 5.75 Å². The molecule has 32 heavy (non-hydrogen) atoms. The van der Waals surface area contributed by atoms with Crippen LogP contribution in [0.3, 0.4) is 0 Å². The maximum atomic E-state index is 10.7. The Balaban J connectivity index is 1.48. The molecule has 0 unspecified atom stereocenters. The quantitative estimate of drug-likeness (QED) is 0.511. The number of anilines is 2. The van der Waals surface area contributed by atoms with Crippen molar-refractivity contribution in [3.63, 3.8) is 0 Å². The summed E-state index contributed by atoms with van der Waals surface area (Å²) in [6, 6.07) is 20.8. The number of nitrogens with zero attached hydrogens (tertiary/aromatic N) is 3. The number of piperazine rings is 1. The molecule has 0 aliphatic carbocycles. The second-order valence-electron chi connectivity index (χ2n) is 7.98. The first-order chi connectivity index (χ1) is 15.7. The van der Waals surface area contributed by atoms with Crippen LogP contribution < -0.4 is 14.5 Å². The third-order valence-corrected chi connectivity index (χ3v) is 5.74. The van der Waals surface area contributed by atoms with Crippen molar-refractivity contribution in [2.45, 2.75) is 19.3 Å². The van der Waals surface area contributed by atoms with Gasteiger partial charge in [-0.3, -0.25) is 9.78 Å². The number of aromatic nitrogens is 1. The molecule has 1 N–H and O–H groups in total. The van der Waals surface area contributed by atoms with Gasteiger partial charge < -0.3 is 19.6 Å². The summed E-state index contributed by atoms with van der Waals surface area (Å²) < 4.78 is 5.86. The van der Waals surface area contributed by atoms with E-state index in [2.05, 4.69) is 63.3 Å². The van der Waals surface area contributed by atoms with Crippen molar-refractivity contribution < 1.29 is 14.6 Å². The van der Waals surface area contributed by atoms with Crippen molar-refractivity contribution in [2.24, 2.45) is 0 Å². The number of carboxylic acids is 1. The lowest BCUT2D eigenvalue weighted by Gasteiger charge is -2.38. The molecule has 1 saturated heterocycles. The van der Waals surface area contributed by atoms with Gasteiger partial charge in [-0.2, -0.15) is 0 Å². The SMILES string of the molecule is O=C(O)CCCOc1ccc(N2CCN(c3ccncc3)CC2)c(Cc2ccccc2)c1. The first-order valence-electron chi connectivity index (χ1n) is 11.1. The molecule has 1 aliphatic rings. The monoisotopic (exact) mass is 431 g/mol. The van der Waals surface area contributed by atoms with Crippen LogP contribution in [0.4, 0.5) is 11.4 Å². The average Bonchev–Trinajstić information content (AvgIpc) is 2.83. The number of rotatable bonds is 9. The molecule has 0 bridgehead atoms. The molecular formula is C26H29N3O3. The topological polar surface area (TPSA) is 65.9 Å². The minimum Gasteiger partial charge on any atom is -0.494 e. The van der Waals surface area contributed by atoms with Crippen LogP contribution in [0, 0.1) is 0 Å². The van der Waals surface area contributed by atoms with E-state index in [0.29, 0.717) is 13.0 Å². The van der Waals surface area contributed by atoms with E-state index in [-0.39, 0.29) is 6.42 Å². The van der Waals surface area contributed by atoms with Gasteiger partial charge in [0.2, 0.25) is 0 Å². The van der Waals surface area contributed by atoms with E-state index in [1.807, 2.05) is 24.5 Å². The van der Waals surface area contributed by atoms with Crippen LogP contribution in [-0.2, 0) is 11.2 Å². The Morgan fingerprint density at radius 2 is 1.66 bits per heavy atom. The van der Waals surface area contributed by atoms with Gasteiger partial charge in [0.05, 0.1) is 6.61 Å². The van der Waals surface area contributed by atoms with Crippen LogP contribution in [0.1, 0.15) is 24.0 Å². The lowest BCUT2D eigenvalue weighted by atomic mass is 10.0. The predicted octanol–water partition coefficient (Wildman–Crippen LogP) is 4.24. The summed E-state index contributed by atoms with van der Waals surface area (Å²) in [6.45, 7) is 4.22. The molecule has 0 spiro atoms. The molecule has 2 heterocycles. The standard InChI is InChI=1S/C26H29N3O3/c30-26(31)7-4-18-32-24-8-9-25(22(20-24)19-21-5-2-1-3-6-21)29-16-14-28(15-17-29)23-10-12-27-13-11-23/h1-3,5-6,8-13,20H,4,7,14-19H2,(H,30,31). The smallest absolute Gasteiger partial charge is 0.303 e. The zero-order chi connectivity index (χ0) is 22.2. The van der Waals surface area contributed by atoms with Gasteiger partial charge in [-0.05, 0) is 54.3 Å². The summed E-state index contributed by atoms with van der Waals surface area (Å²) in [4.78, 5) is 19.7. The fourth-order valence-electron chi connectivity index (χ4n) is 4.09. The van der Waals surface area contributed by atoms with Crippen molar-refractivity contribution in [3.05, 3.63) is 84.2 Å². The van der Waals surface area contributed by atoms with Gasteiger partial charge in [0.25, 0.3) is 0 Å².